The van der Waals surface area contributed by atoms with Crippen molar-refractivity contribution in [1.29, 1.82) is 0 Å². The molecule has 0 bridgehead atoms. The second-order valence-electron chi connectivity index (χ2n) is 17.7. The van der Waals surface area contributed by atoms with Crippen LogP contribution in [0.4, 0.5) is 0 Å². The summed E-state index contributed by atoms with van der Waals surface area (Å²) in [6, 6.07) is 0. The third-order valence-corrected chi connectivity index (χ3v) is 12.1. The maximum atomic E-state index is 12.7. The molecule has 5 N–H and O–H groups in total. The number of esters is 2. The summed E-state index contributed by atoms with van der Waals surface area (Å²) in [4.78, 5) is 52.9. The van der Waals surface area contributed by atoms with Crippen molar-refractivity contribution >= 4 is 27.6 Å². The largest absolute Gasteiger partial charge is 0.472 e. The Balaban J connectivity index is 4.53. The number of unbranched alkanes of at least 4 members (excludes halogenated alkanes) is 17. The van der Waals surface area contributed by atoms with Gasteiger partial charge >= 0.3 is 27.6 Å². The second kappa shape index (κ2) is 45.6. The van der Waals surface area contributed by atoms with Crippen LogP contribution in [0.3, 0.4) is 0 Å². The number of carbonyl (C=O) groups is 2. The predicted octanol–water partition coefficient (Wildman–Crippen LogP) is 13.0. The first kappa shape index (κ1) is 65.5. The van der Waals surface area contributed by atoms with Gasteiger partial charge in [0, 0.05) is 12.8 Å². The molecule has 0 heterocycles. The van der Waals surface area contributed by atoms with Gasteiger partial charge in [0.05, 0.1) is 25.9 Å². The molecule has 68 heavy (non-hydrogen) atoms. The molecule has 0 aromatic rings. The summed E-state index contributed by atoms with van der Waals surface area (Å²) in [5.41, 5.74) is 0. The molecular weight excluding hydrogens is 911 g/mol. The van der Waals surface area contributed by atoms with E-state index in [0.717, 1.165) is 50.9 Å². The van der Waals surface area contributed by atoms with E-state index in [0.29, 0.717) is 25.7 Å². The number of rotatable bonds is 47. The van der Waals surface area contributed by atoms with Crippen molar-refractivity contribution in [2.24, 2.45) is 5.92 Å². The van der Waals surface area contributed by atoms with E-state index in [1.54, 1.807) is 6.08 Å². The minimum atomic E-state index is -4.88. The Morgan fingerprint density at radius 2 is 1.01 bits per heavy atom. The van der Waals surface area contributed by atoms with Gasteiger partial charge in [-0.15, -0.1) is 0 Å². The molecule has 14 nitrogen and oxygen atoms in total. The Labute approximate surface area is 410 Å². The minimum absolute atomic E-state index is 0.0528. The van der Waals surface area contributed by atoms with E-state index in [1.165, 1.54) is 89.9 Å². The van der Waals surface area contributed by atoms with E-state index in [1.807, 2.05) is 54.7 Å². The van der Waals surface area contributed by atoms with Crippen LogP contribution < -0.4 is 0 Å². The fourth-order valence-electron chi connectivity index (χ4n) is 6.76. The summed E-state index contributed by atoms with van der Waals surface area (Å²) in [7, 11) is -9.72. The molecule has 0 aliphatic rings. The molecular formula is C52H92O14P2. The summed E-state index contributed by atoms with van der Waals surface area (Å²) in [5.74, 6) is -0.321. The van der Waals surface area contributed by atoms with Crippen LogP contribution in [0.1, 0.15) is 194 Å². The van der Waals surface area contributed by atoms with Crippen LogP contribution in [0.25, 0.3) is 0 Å². The van der Waals surface area contributed by atoms with Crippen molar-refractivity contribution in [1.82, 2.24) is 0 Å². The van der Waals surface area contributed by atoms with Crippen molar-refractivity contribution in [3.05, 3.63) is 72.9 Å². The van der Waals surface area contributed by atoms with Crippen LogP contribution in [-0.2, 0) is 41.8 Å². The Hall–Kier alpha value is -2.48. The number of ether oxygens (including phenoxy) is 2. The number of hydrogen-bond donors (Lipinski definition) is 5. The summed E-state index contributed by atoms with van der Waals surface area (Å²) < 4.78 is 47.9. The maximum absolute atomic E-state index is 12.7. The topological polar surface area (TPSA) is 216 Å². The average molecular weight is 1000 g/mol. The molecule has 0 aliphatic carbocycles. The third kappa shape index (κ3) is 49.9. The van der Waals surface area contributed by atoms with Gasteiger partial charge in [-0.2, -0.15) is 0 Å². The molecule has 0 aliphatic heterocycles. The fourth-order valence-corrected chi connectivity index (χ4v) is 7.92. The highest BCUT2D eigenvalue weighted by Gasteiger charge is 2.28. The van der Waals surface area contributed by atoms with E-state index in [9.17, 15) is 33.8 Å². The van der Waals surface area contributed by atoms with Crippen molar-refractivity contribution < 1.29 is 66.7 Å². The Morgan fingerprint density at radius 3 is 1.54 bits per heavy atom. The first-order chi connectivity index (χ1) is 32.6. The Kier molecular flexibility index (Phi) is 44.0. The van der Waals surface area contributed by atoms with E-state index >= 15 is 0 Å². The molecule has 4 atom stereocenters. The van der Waals surface area contributed by atoms with Gasteiger partial charge in [0.25, 0.3) is 0 Å². The smallest absolute Gasteiger partial charge is 0.462 e. The first-order valence-electron chi connectivity index (χ1n) is 25.6. The molecule has 0 amide bonds. The number of allylic oxidation sites excluding steroid dienone is 10. The van der Waals surface area contributed by atoms with Gasteiger partial charge in [-0.3, -0.25) is 23.2 Å². The second-order valence-corrected chi connectivity index (χ2v) is 20.4. The number of carbonyl (C=O) groups excluding carboxylic acids is 2. The summed E-state index contributed by atoms with van der Waals surface area (Å²) in [6.07, 6.45) is 48.1. The SMILES string of the molecule is CC/C=C\CC(O)/C=C/C=C/C/C=C\C/C=C\C/C=C\CCC(=O)OC[C@H](COP(=O)(O)OC[C@@H](O)COP(=O)(O)O)OC(=O)CCCCCCCCCCCCCCCCCCCCC(C)C. The molecule has 0 radical (unpaired) electrons. The van der Waals surface area contributed by atoms with Crippen LogP contribution in [0.5, 0.6) is 0 Å². The zero-order chi connectivity index (χ0) is 50.4. The van der Waals surface area contributed by atoms with Crippen molar-refractivity contribution in [3.8, 4) is 0 Å². The quantitative estimate of drug-likeness (QED) is 0.0126. The van der Waals surface area contributed by atoms with E-state index in [2.05, 4.69) is 37.4 Å². The first-order valence-corrected chi connectivity index (χ1v) is 28.6. The molecule has 2 unspecified atom stereocenters. The summed E-state index contributed by atoms with van der Waals surface area (Å²) in [6.45, 7) is 3.83. The van der Waals surface area contributed by atoms with Gasteiger partial charge in [0.15, 0.2) is 6.10 Å². The summed E-state index contributed by atoms with van der Waals surface area (Å²) >= 11 is 0. The number of aliphatic hydroxyl groups excluding tert-OH is 2. The van der Waals surface area contributed by atoms with Gasteiger partial charge in [0.1, 0.15) is 12.7 Å². The molecule has 0 aromatic carbocycles. The number of aliphatic hydroxyl groups is 2. The van der Waals surface area contributed by atoms with Crippen LogP contribution in [0.15, 0.2) is 72.9 Å². The van der Waals surface area contributed by atoms with Crippen LogP contribution in [0.2, 0.25) is 0 Å². The fraction of sp³-hybridized carbons (Fsp3) is 0.731. The lowest BCUT2D eigenvalue weighted by Gasteiger charge is -2.20. The van der Waals surface area contributed by atoms with Crippen molar-refractivity contribution in [2.75, 3.05) is 26.4 Å². The molecule has 16 heteroatoms. The predicted molar refractivity (Wildman–Crippen MR) is 273 cm³/mol. The highest BCUT2D eigenvalue weighted by atomic mass is 31.2. The van der Waals surface area contributed by atoms with Gasteiger partial charge in [-0.25, -0.2) is 9.13 Å². The molecule has 0 aromatic heterocycles. The van der Waals surface area contributed by atoms with Crippen LogP contribution in [0, 0.1) is 5.92 Å². The molecule has 0 rings (SSSR count). The Bertz CT molecular complexity index is 1500. The van der Waals surface area contributed by atoms with Crippen LogP contribution >= 0.6 is 15.6 Å². The number of phosphoric acid groups is 2. The van der Waals surface area contributed by atoms with Gasteiger partial charge in [0.2, 0.25) is 0 Å². The number of phosphoric ester groups is 2. The van der Waals surface area contributed by atoms with Crippen LogP contribution in [-0.4, -0.2) is 81.6 Å². The highest BCUT2D eigenvalue weighted by molar-refractivity contribution is 7.47. The van der Waals surface area contributed by atoms with Crippen molar-refractivity contribution in [3.63, 3.8) is 0 Å². The van der Waals surface area contributed by atoms with E-state index in [4.69, 9.17) is 28.3 Å². The highest BCUT2D eigenvalue weighted by Crippen LogP contribution is 2.44. The third-order valence-electron chi connectivity index (χ3n) is 10.6. The zero-order valence-electron chi connectivity index (χ0n) is 42.0. The van der Waals surface area contributed by atoms with E-state index in [-0.39, 0.29) is 12.8 Å². The standard InChI is InChI=1S/C52H92O14P2/c1-4-5-33-39-48(53)40-35-30-26-22-18-14-12-16-19-23-27-31-36-41-51(55)62-45-50(46-65-68(60,61)64-44-49(54)43-63-67(57,58)59)66-52(56)42-37-32-28-24-20-15-11-9-7-6-8-10-13-17-21-25-29-34-38-47(2)3/h5,14,16,18-19,26-27,30-31,33,35,40,47-50,53-54H,4,6-13,15,17,20-25,28-29,32,34,36-39,41-46H2,1-3H3,(H,60,61)(H2,57,58,59)/b18-14-,19-16-,30-26+,31-27-,33-5-,40-35+/t48?,49-,50+/m0/s1. The normalized spacial score (nSPS) is 15.0. The molecule has 0 saturated carbocycles. The van der Waals surface area contributed by atoms with Gasteiger partial charge in [-0.05, 0) is 50.9 Å². The molecule has 0 saturated heterocycles. The van der Waals surface area contributed by atoms with E-state index < -0.39 is 72.3 Å². The lowest BCUT2D eigenvalue weighted by molar-refractivity contribution is -0.161. The Morgan fingerprint density at radius 1 is 0.529 bits per heavy atom. The van der Waals surface area contributed by atoms with Gasteiger partial charge < -0.3 is 34.4 Å². The van der Waals surface area contributed by atoms with Crippen molar-refractivity contribution in [2.45, 2.75) is 212 Å². The molecule has 0 spiro atoms. The minimum Gasteiger partial charge on any atom is -0.462 e. The lowest BCUT2D eigenvalue weighted by Crippen LogP contribution is -2.29. The average Bonchev–Trinajstić information content (AvgIpc) is 3.28. The lowest BCUT2D eigenvalue weighted by atomic mass is 10.0. The molecule has 394 valence electrons. The zero-order valence-corrected chi connectivity index (χ0v) is 43.8. The van der Waals surface area contributed by atoms with Gasteiger partial charge in [-0.1, -0.05) is 209 Å². The maximum Gasteiger partial charge on any atom is 0.472 e. The molecule has 0 fully saturated rings. The monoisotopic (exact) mass is 1000 g/mol. The number of hydrogen-bond acceptors (Lipinski definition) is 11. The summed E-state index contributed by atoms with van der Waals surface area (Å²) in [5, 5.41) is 19.6.